The summed E-state index contributed by atoms with van der Waals surface area (Å²) in [5.41, 5.74) is 0. The summed E-state index contributed by atoms with van der Waals surface area (Å²) >= 11 is 3.60. The molecule has 104 valence electrons. The molecule has 0 spiro atoms. The molecule has 0 aromatic rings. The molecular weight excluding hydrogens is 300 g/mol. The van der Waals surface area contributed by atoms with Crippen molar-refractivity contribution >= 4 is 21.9 Å². The minimum Gasteiger partial charge on any atom is -0.466 e. The maximum Gasteiger partial charge on any atom is 0.309 e. The van der Waals surface area contributed by atoms with Crippen molar-refractivity contribution in [3.8, 4) is 0 Å². The smallest absolute Gasteiger partial charge is 0.309 e. The molecular formula is C13H21BrO4. The fourth-order valence-corrected chi connectivity index (χ4v) is 3.40. The second-order valence-corrected chi connectivity index (χ2v) is 6.12. The van der Waals surface area contributed by atoms with E-state index in [1.165, 1.54) is 0 Å². The van der Waals surface area contributed by atoms with E-state index in [2.05, 4.69) is 15.9 Å². The van der Waals surface area contributed by atoms with Crippen molar-refractivity contribution in [2.75, 3.05) is 19.8 Å². The molecule has 1 aliphatic carbocycles. The van der Waals surface area contributed by atoms with Crippen LogP contribution < -0.4 is 0 Å². The van der Waals surface area contributed by atoms with Crippen LogP contribution in [-0.4, -0.2) is 42.8 Å². The van der Waals surface area contributed by atoms with Gasteiger partial charge < -0.3 is 14.2 Å². The zero-order valence-electron chi connectivity index (χ0n) is 10.8. The Kier molecular flexibility index (Phi) is 5.45. The monoisotopic (exact) mass is 320 g/mol. The van der Waals surface area contributed by atoms with E-state index in [0.717, 1.165) is 32.3 Å². The first-order valence-electron chi connectivity index (χ1n) is 6.74. The molecule has 4 unspecified atom stereocenters. The first kappa shape index (κ1) is 14.3. The second-order valence-electron chi connectivity index (χ2n) is 4.94. The molecule has 2 rings (SSSR count). The summed E-state index contributed by atoms with van der Waals surface area (Å²) in [6.07, 6.45) is 4.11. The predicted octanol–water partition coefficient (Wildman–Crippen LogP) is 2.29. The van der Waals surface area contributed by atoms with Crippen LogP contribution in [0, 0.1) is 5.92 Å². The molecule has 1 saturated heterocycles. The summed E-state index contributed by atoms with van der Waals surface area (Å²) in [6.45, 7) is 3.78. The number of ether oxygens (including phenoxy) is 3. The van der Waals surface area contributed by atoms with Crippen LogP contribution in [-0.2, 0) is 19.0 Å². The molecule has 0 radical (unpaired) electrons. The van der Waals surface area contributed by atoms with Crippen LogP contribution >= 0.6 is 15.9 Å². The average molecular weight is 321 g/mol. The third-order valence-electron chi connectivity index (χ3n) is 3.57. The van der Waals surface area contributed by atoms with Gasteiger partial charge in [0.1, 0.15) is 0 Å². The van der Waals surface area contributed by atoms with Crippen LogP contribution in [0.2, 0.25) is 0 Å². The number of alkyl halides is 1. The molecule has 0 N–H and O–H groups in total. The largest absolute Gasteiger partial charge is 0.466 e. The van der Waals surface area contributed by atoms with E-state index < -0.39 is 0 Å². The van der Waals surface area contributed by atoms with E-state index in [0.29, 0.717) is 13.2 Å². The predicted molar refractivity (Wildman–Crippen MR) is 70.8 cm³/mol. The van der Waals surface area contributed by atoms with E-state index in [4.69, 9.17) is 14.2 Å². The molecule has 0 aromatic carbocycles. The lowest BCUT2D eigenvalue weighted by Crippen LogP contribution is -2.24. The van der Waals surface area contributed by atoms with Crippen molar-refractivity contribution in [2.24, 2.45) is 5.92 Å². The van der Waals surface area contributed by atoms with Crippen LogP contribution in [0.1, 0.15) is 32.6 Å². The minimum absolute atomic E-state index is 0.0242. The van der Waals surface area contributed by atoms with Gasteiger partial charge in [0.2, 0.25) is 0 Å². The molecule has 2 aliphatic rings. The van der Waals surface area contributed by atoms with E-state index in [1.807, 2.05) is 6.92 Å². The minimum atomic E-state index is -0.0924. The molecule has 2 fully saturated rings. The van der Waals surface area contributed by atoms with Crippen molar-refractivity contribution in [3.63, 3.8) is 0 Å². The highest BCUT2D eigenvalue weighted by atomic mass is 79.9. The number of esters is 1. The van der Waals surface area contributed by atoms with Crippen LogP contribution in [0.4, 0.5) is 0 Å². The van der Waals surface area contributed by atoms with Gasteiger partial charge in [-0.05, 0) is 32.6 Å². The van der Waals surface area contributed by atoms with Crippen molar-refractivity contribution in [1.29, 1.82) is 0 Å². The van der Waals surface area contributed by atoms with E-state index in [9.17, 15) is 4.79 Å². The van der Waals surface area contributed by atoms with Gasteiger partial charge in [-0.1, -0.05) is 15.9 Å². The first-order valence-corrected chi connectivity index (χ1v) is 7.66. The SMILES string of the molecule is CCOC(=O)C1CC(Br)C(OCC2CCCO2)C1. The van der Waals surface area contributed by atoms with Gasteiger partial charge in [0.15, 0.2) is 0 Å². The molecule has 0 aromatic heterocycles. The normalized spacial score (nSPS) is 35.9. The Morgan fingerprint density at radius 3 is 2.94 bits per heavy atom. The van der Waals surface area contributed by atoms with Gasteiger partial charge in [-0.25, -0.2) is 0 Å². The summed E-state index contributed by atoms with van der Waals surface area (Å²) in [7, 11) is 0. The Balaban J connectivity index is 1.74. The van der Waals surface area contributed by atoms with Gasteiger partial charge in [-0.15, -0.1) is 0 Å². The lowest BCUT2D eigenvalue weighted by Gasteiger charge is -2.18. The molecule has 5 heteroatoms. The van der Waals surface area contributed by atoms with Crippen molar-refractivity contribution < 1.29 is 19.0 Å². The summed E-state index contributed by atoms with van der Waals surface area (Å²) in [6, 6.07) is 0. The highest BCUT2D eigenvalue weighted by molar-refractivity contribution is 9.09. The van der Waals surface area contributed by atoms with Crippen LogP contribution in [0.5, 0.6) is 0 Å². The third kappa shape index (κ3) is 3.68. The Morgan fingerprint density at radius 1 is 1.44 bits per heavy atom. The molecule has 4 nitrogen and oxygen atoms in total. The summed E-state index contributed by atoms with van der Waals surface area (Å²) in [4.78, 5) is 11.9. The van der Waals surface area contributed by atoms with Gasteiger partial charge >= 0.3 is 5.97 Å². The highest BCUT2D eigenvalue weighted by Gasteiger charge is 2.38. The summed E-state index contributed by atoms with van der Waals surface area (Å²) < 4.78 is 16.5. The van der Waals surface area contributed by atoms with E-state index in [1.54, 1.807) is 0 Å². The maximum atomic E-state index is 11.7. The van der Waals surface area contributed by atoms with Gasteiger partial charge in [0.05, 0.1) is 31.3 Å². The Morgan fingerprint density at radius 2 is 2.28 bits per heavy atom. The molecule has 0 bridgehead atoms. The Labute approximate surface area is 116 Å². The maximum absolute atomic E-state index is 11.7. The van der Waals surface area contributed by atoms with E-state index >= 15 is 0 Å². The van der Waals surface area contributed by atoms with E-state index in [-0.39, 0.29) is 28.9 Å². The fourth-order valence-electron chi connectivity index (χ4n) is 2.58. The van der Waals surface area contributed by atoms with Crippen molar-refractivity contribution in [3.05, 3.63) is 0 Å². The Hall–Kier alpha value is -0.130. The average Bonchev–Trinajstić information content (AvgIpc) is 2.96. The number of carbonyl (C=O) groups is 1. The zero-order valence-corrected chi connectivity index (χ0v) is 12.4. The van der Waals surface area contributed by atoms with Crippen LogP contribution in [0.25, 0.3) is 0 Å². The van der Waals surface area contributed by atoms with Gasteiger partial charge in [0, 0.05) is 11.4 Å². The Bertz CT molecular complexity index is 278. The molecule has 18 heavy (non-hydrogen) atoms. The van der Waals surface area contributed by atoms with Crippen LogP contribution in [0.15, 0.2) is 0 Å². The van der Waals surface area contributed by atoms with Gasteiger partial charge in [-0.3, -0.25) is 4.79 Å². The quantitative estimate of drug-likeness (QED) is 0.576. The molecule has 1 heterocycles. The van der Waals surface area contributed by atoms with Gasteiger partial charge in [0.25, 0.3) is 0 Å². The first-order chi connectivity index (χ1) is 8.70. The molecule has 1 saturated carbocycles. The standard InChI is InChI=1S/C13H21BrO4/c1-2-16-13(15)9-6-11(14)12(7-9)18-8-10-4-3-5-17-10/h9-12H,2-8H2,1H3. The number of halogens is 1. The number of hydrogen-bond acceptors (Lipinski definition) is 4. The topological polar surface area (TPSA) is 44.8 Å². The van der Waals surface area contributed by atoms with Crippen LogP contribution in [0.3, 0.4) is 0 Å². The third-order valence-corrected chi connectivity index (χ3v) is 4.53. The number of rotatable bonds is 5. The number of carbonyl (C=O) groups excluding carboxylic acids is 1. The van der Waals surface area contributed by atoms with Gasteiger partial charge in [-0.2, -0.15) is 0 Å². The molecule has 0 amide bonds. The van der Waals surface area contributed by atoms with Crippen molar-refractivity contribution in [2.45, 2.75) is 49.6 Å². The second kappa shape index (κ2) is 6.87. The van der Waals surface area contributed by atoms with Crippen molar-refractivity contribution in [1.82, 2.24) is 0 Å². The summed E-state index contributed by atoms with van der Waals surface area (Å²) in [5, 5.41) is 0. The fraction of sp³-hybridized carbons (Fsp3) is 0.923. The number of hydrogen-bond donors (Lipinski definition) is 0. The zero-order chi connectivity index (χ0) is 13.0. The summed E-state index contributed by atoms with van der Waals surface area (Å²) in [5.74, 6) is -0.117. The molecule has 1 aliphatic heterocycles. The molecule has 4 atom stereocenters. The highest BCUT2D eigenvalue weighted by Crippen LogP contribution is 2.34. The lowest BCUT2D eigenvalue weighted by molar-refractivity contribution is -0.148. The lowest BCUT2D eigenvalue weighted by atomic mass is 10.1.